The first-order chi connectivity index (χ1) is 18.9. The molecule has 0 unspecified atom stereocenters. The van der Waals surface area contributed by atoms with Crippen LogP contribution in [0.25, 0.3) is 75.4 Å². The van der Waals surface area contributed by atoms with Gasteiger partial charge in [-0.2, -0.15) is 0 Å². The number of phenols is 6. The Morgan fingerprint density at radius 2 is 0.737 bits per heavy atom. The maximum absolute atomic E-state index is 13.4. The van der Waals surface area contributed by atoms with Crippen LogP contribution in [0.1, 0.15) is 13.9 Å². The minimum atomic E-state index is -0.813. The molecule has 0 aliphatic heterocycles. The molecule has 0 saturated carbocycles. The van der Waals surface area contributed by atoms with Crippen molar-refractivity contribution in [3.8, 4) is 34.5 Å². The molecule has 0 aliphatic carbocycles. The van der Waals surface area contributed by atoms with Crippen LogP contribution in [-0.2, 0) is 0 Å². The molecule has 0 amide bonds. The fourth-order valence-electron chi connectivity index (χ4n) is 6.83. The summed E-state index contributed by atoms with van der Waals surface area (Å²) in [4.78, 5) is 26.8. The van der Waals surface area contributed by atoms with Crippen LogP contribution in [0.3, 0.4) is 0 Å². The highest BCUT2D eigenvalue weighted by Gasteiger charge is 2.33. The first kappa shape index (κ1) is 18.9. The molecule has 8 aromatic rings. The van der Waals surface area contributed by atoms with Crippen molar-refractivity contribution in [1.29, 1.82) is 0 Å². The summed E-state index contributed by atoms with van der Waals surface area (Å²) in [6.45, 7) is 3.38. The molecule has 0 atom stereocenters. The topological polar surface area (TPSA) is 156 Å². The molecular formula is C30H16O8. The first-order valence-corrected chi connectivity index (χ1v) is 11.7. The molecule has 8 aromatic carbocycles. The normalized spacial score (nSPS) is 13.5. The summed E-state index contributed by atoms with van der Waals surface area (Å²) in [5, 5.41) is 67.9. The highest BCUT2D eigenvalue weighted by Crippen LogP contribution is 2.60. The van der Waals surface area contributed by atoms with Crippen LogP contribution in [0.5, 0.6) is 34.5 Å². The third-order valence-corrected chi connectivity index (χ3v) is 8.09. The number of phenolic OH excluding ortho intramolecular Hbond substituents is 6. The predicted octanol–water partition coefficient (Wildman–Crippen LogP) is 5.08. The summed E-state index contributed by atoms with van der Waals surface area (Å²) in [6, 6.07) is 1.02. The van der Waals surface area contributed by atoms with Gasteiger partial charge in [-0.15, -0.1) is 0 Å². The number of aryl methyl sites for hydroxylation is 2. The van der Waals surface area contributed by atoms with E-state index >= 15 is 0 Å². The van der Waals surface area contributed by atoms with Crippen molar-refractivity contribution >= 4 is 75.4 Å². The Bertz CT molecular complexity index is 2450. The van der Waals surface area contributed by atoms with Gasteiger partial charge < -0.3 is 30.6 Å². The molecule has 0 aromatic heterocycles. The maximum atomic E-state index is 13.4. The quantitative estimate of drug-likeness (QED) is 0.123. The van der Waals surface area contributed by atoms with E-state index in [0.29, 0.717) is 21.9 Å². The van der Waals surface area contributed by atoms with Crippen LogP contribution >= 0.6 is 0 Å². The van der Waals surface area contributed by atoms with Crippen molar-refractivity contribution in [3.63, 3.8) is 0 Å². The third kappa shape index (κ3) is 1.93. The Labute approximate surface area is 213 Å². The molecule has 8 rings (SSSR count). The van der Waals surface area contributed by atoms with Crippen molar-refractivity contribution < 1.29 is 33.4 Å². The molecule has 38 heavy (non-hydrogen) atoms. The third-order valence-electron chi connectivity index (χ3n) is 8.09. The van der Waals surface area contributed by atoms with Gasteiger partial charge >= 0.3 is 0 Å². The van der Waals surface area contributed by atoms with E-state index in [1.54, 1.807) is 13.8 Å². The van der Waals surface area contributed by atoms with Crippen molar-refractivity contribution in [2.45, 2.75) is 13.8 Å². The summed E-state index contributed by atoms with van der Waals surface area (Å²) in [7, 11) is 0. The maximum Gasteiger partial charge on any atom is 0.190 e. The van der Waals surface area contributed by atoms with Crippen LogP contribution in [0, 0.1) is 13.8 Å². The zero-order valence-corrected chi connectivity index (χ0v) is 19.7. The molecule has 184 valence electrons. The summed E-state index contributed by atoms with van der Waals surface area (Å²) >= 11 is 0. The van der Waals surface area contributed by atoms with E-state index in [2.05, 4.69) is 0 Å². The predicted molar refractivity (Wildman–Crippen MR) is 146 cm³/mol. The van der Waals surface area contributed by atoms with Crippen LogP contribution < -0.4 is 10.9 Å². The second-order valence-corrected chi connectivity index (χ2v) is 9.97. The Morgan fingerprint density at radius 1 is 0.447 bits per heavy atom. The standard InChI is InChI=1S/C30H16O8/c1-7-3-9(31)19-23-15(7)16-8(2)4-10(32)20-24(16)28-26-18(12(34)6-14(36)22(26)30(20)38)17-11(33)5-13(35)21(29(19)37)25(17)27(23)28/h3-6,33-38H,1-2H3/i5D,6D. The van der Waals surface area contributed by atoms with Gasteiger partial charge in [0.1, 0.15) is 34.5 Å². The summed E-state index contributed by atoms with van der Waals surface area (Å²) in [5.74, 6) is -4.47. The van der Waals surface area contributed by atoms with Crippen molar-refractivity contribution in [3.05, 3.63) is 55.8 Å². The van der Waals surface area contributed by atoms with Crippen molar-refractivity contribution in [2.75, 3.05) is 0 Å². The zero-order valence-electron chi connectivity index (χ0n) is 21.7. The van der Waals surface area contributed by atoms with Crippen molar-refractivity contribution in [2.24, 2.45) is 0 Å². The van der Waals surface area contributed by atoms with Gasteiger partial charge in [0.2, 0.25) is 0 Å². The highest BCUT2D eigenvalue weighted by atomic mass is 16.3. The van der Waals surface area contributed by atoms with Crippen LogP contribution in [0.2, 0.25) is 0 Å². The Kier molecular flexibility index (Phi) is 2.99. The van der Waals surface area contributed by atoms with Gasteiger partial charge in [0.05, 0.1) is 24.3 Å². The number of benzene rings is 8. The molecule has 0 saturated heterocycles. The molecule has 8 heteroatoms. The lowest BCUT2D eigenvalue weighted by atomic mass is 9.78. The van der Waals surface area contributed by atoms with Gasteiger partial charge in [0.25, 0.3) is 0 Å². The van der Waals surface area contributed by atoms with E-state index < -0.39 is 57.4 Å². The molecule has 0 heterocycles. The summed E-state index contributed by atoms with van der Waals surface area (Å²) in [5.41, 5.74) is -0.131. The SMILES string of the molecule is [2H]c1c(O)c2c(O)c3c(=O)cc(C)c4c5c(C)cc(=O)c6c(O)c7c(O)c([2H])c(O)c8c(c1O)c2c(c34)c(c78)c65. The van der Waals surface area contributed by atoms with E-state index in [4.69, 9.17) is 2.74 Å². The molecule has 6 N–H and O–H groups in total. The highest BCUT2D eigenvalue weighted by molar-refractivity contribution is 6.51. The number of hydrogen-bond donors (Lipinski definition) is 6. The van der Waals surface area contributed by atoms with Crippen molar-refractivity contribution in [1.82, 2.24) is 0 Å². The smallest absolute Gasteiger partial charge is 0.190 e. The molecule has 0 spiro atoms. The minimum Gasteiger partial charge on any atom is -0.507 e. The van der Waals surface area contributed by atoms with Gasteiger partial charge in [-0.1, -0.05) is 0 Å². The molecule has 0 fully saturated rings. The van der Waals surface area contributed by atoms with E-state index in [9.17, 15) is 40.2 Å². The molecule has 0 bridgehead atoms. The minimum absolute atomic E-state index is 0.0111. The van der Waals surface area contributed by atoms with Gasteiger partial charge in [-0.05, 0) is 47.9 Å². The van der Waals surface area contributed by atoms with E-state index in [1.807, 2.05) is 0 Å². The Hall–Kier alpha value is -5.24. The second-order valence-electron chi connectivity index (χ2n) is 9.97. The van der Waals surface area contributed by atoms with Crippen LogP contribution in [0.15, 0.2) is 33.8 Å². The average Bonchev–Trinajstić information content (AvgIpc) is 2.89. The molecule has 0 radical (unpaired) electrons. The van der Waals surface area contributed by atoms with Crippen LogP contribution in [-0.4, -0.2) is 30.6 Å². The number of aromatic hydroxyl groups is 6. The number of rotatable bonds is 0. The van der Waals surface area contributed by atoms with Gasteiger partial charge in [-0.25, -0.2) is 0 Å². The lowest BCUT2D eigenvalue weighted by molar-refractivity contribution is 0.450. The largest absolute Gasteiger partial charge is 0.507 e. The average molecular weight is 506 g/mol. The first-order valence-electron chi connectivity index (χ1n) is 12.7. The van der Waals surface area contributed by atoms with E-state index in [0.717, 1.165) is 0 Å². The molecule has 8 nitrogen and oxygen atoms in total. The Balaban J connectivity index is 2.05. The van der Waals surface area contributed by atoms with E-state index in [1.165, 1.54) is 12.1 Å². The van der Waals surface area contributed by atoms with Gasteiger partial charge in [0, 0.05) is 55.2 Å². The monoisotopic (exact) mass is 506 g/mol. The summed E-state index contributed by atoms with van der Waals surface area (Å²) in [6.07, 6.45) is 0. The fraction of sp³-hybridized carbons (Fsp3) is 0.0667. The Morgan fingerprint density at radius 3 is 1.11 bits per heavy atom. The lowest BCUT2D eigenvalue weighted by Crippen LogP contribution is -2.08. The second kappa shape index (κ2) is 6.00. The fourth-order valence-corrected chi connectivity index (χ4v) is 6.83. The van der Waals surface area contributed by atoms with Gasteiger partial charge in [-0.3, -0.25) is 9.59 Å². The summed E-state index contributed by atoms with van der Waals surface area (Å²) < 4.78 is 16.8. The lowest BCUT2D eigenvalue weighted by Gasteiger charge is -2.25. The van der Waals surface area contributed by atoms with Crippen LogP contribution in [0.4, 0.5) is 0 Å². The molecular weight excluding hydrogens is 488 g/mol. The number of fused-ring (bicyclic) bond motifs is 2. The van der Waals surface area contributed by atoms with E-state index in [-0.39, 0.29) is 64.6 Å². The number of hydrogen-bond acceptors (Lipinski definition) is 8. The van der Waals surface area contributed by atoms with Gasteiger partial charge in [0.15, 0.2) is 10.9 Å². The molecule has 0 aliphatic rings. The zero-order chi connectivity index (χ0) is 28.4.